The maximum absolute atomic E-state index is 13.5. The molecule has 2 aliphatic heterocycles. The zero-order valence-electron chi connectivity index (χ0n) is 19.3. The Kier molecular flexibility index (Phi) is 6.43. The molecule has 0 spiro atoms. The standard InChI is InChI=1S/C23H27F3N4O3S2/c1-14-28-22(2,19-12-17(13-34-19)16-5-4-6-18(27)11-16)20(21(31)29(14)3)15-7-9-30(10-8-15)35(32,33)23(24,25)26/h4-6,11-13,15,20,28H,1,7-10,27H2,2-3H3/t20-,22-/m1/s1. The van der Waals surface area contributed by atoms with Gasteiger partial charge in [-0.3, -0.25) is 4.79 Å². The summed E-state index contributed by atoms with van der Waals surface area (Å²) in [5, 5.41) is 5.33. The molecule has 190 valence electrons. The third-order valence-corrected chi connectivity index (χ3v) is 9.76. The van der Waals surface area contributed by atoms with Crippen molar-refractivity contribution in [1.82, 2.24) is 14.5 Å². The number of nitrogen functional groups attached to an aromatic ring is 1. The smallest absolute Gasteiger partial charge is 0.399 e. The number of hydrogen-bond donors (Lipinski definition) is 2. The summed E-state index contributed by atoms with van der Waals surface area (Å²) < 4.78 is 63.2. The molecule has 0 radical (unpaired) electrons. The van der Waals surface area contributed by atoms with E-state index in [1.54, 1.807) is 13.1 Å². The molecule has 0 unspecified atom stereocenters. The van der Waals surface area contributed by atoms with Crippen molar-refractivity contribution in [3.05, 3.63) is 53.0 Å². The molecule has 2 fully saturated rings. The van der Waals surface area contributed by atoms with Gasteiger partial charge in [-0.15, -0.1) is 11.3 Å². The second-order valence-corrected chi connectivity index (χ2v) is 12.0. The number of nitrogens with two attached hydrogens (primary N) is 1. The number of nitrogens with one attached hydrogen (secondary N) is 1. The molecule has 0 bridgehead atoms. The van der Waals surface area contributed by atoms with E-state index in [1.807, 2.05) is 36.6 Å². The first-order chi connectivity index (χ1) is 16.3. The van der Waals surface area contributed by atoms with Gasteiger partial charge in [0.1, 0.15) is 5.82 Å². The van der Waals surface area contributed by atoms with Crippen LogP contribution >= 0.6 is 11.3 Å². The molecule has 2 aromatic rings. The molecule has 1 amide bonds. The SMILES string of the molecule is C=C1N[C@](C)(c2cc(-c3cccc(N)c3)cs2)[C@H](C2CCN(S(=O)(=O)C(F)(F)F)CC2)C(=O)N1C. The highest BCUT2D eigenvalue weighted by molar-refractivity contribution is 7.90. The molecule has 3 N–H and O–H groups in total. The van der Waals surface area contributed by atoms with Crippen LogP contribution in [0.1, 0.15) is 24.6 Å². The summed E-state index contributed by atoms with van der Waals surface area (Å²) in [4.78, 5) is 15.8. The van der Waals surface area contributed by atoms with Gasteiger partial charge in [0.2, 0.25) is 5.91 Å². The Hall–Kier alpha value is -2.57. The lowest BCUT2D eigenvalue weighted by atomic mass is 9.70. The van der Waals surface area contributed by atoms with Crippen LogP contribution < -0.4 is 11.1 Å². The van der Waals surface area contributed by atoms with Crippen molar-refractivity contribution in [2.45, 2.75) is 30.8 Å². The van der Waals surface area contributed by atoms with Gasteiger partial charge in [-0.2, -0.15) is 17.5 Å². The summed E-state index contributed by atoms with van der Waals surface area (Å²) in [7, 11) is -3.80. The number of piperidine rings is 1. The van der Waals surface area contributed by atoms with E-state index < -0.39 is 27.0 Å². The van der Waals surface area contributed by atoms with Crippen LogP contribution in [0.15, 0.2) is 48.1 Å². The number of hydrogen-bond acceptors (Lipinski definition) is 6. The molecule has 1 aromatic heterocycles. The Morgan fingerprint density at radius 2 is 1.86 bits per heavy atom. The fraction of sp³-hybridized carbons (Fsp3) is 0.435. The quantitative estimate of drug-likeness (QED) is 0.587. The lowest BCUT2D eigenvalue weighted by Gasteiger charge is -2.50. The maximum Gasteiger partial charge on any atom is 0.511 e. The molecule has 4 rings (SSSR count). The highest BCUT2D eigenvalue weighted by Gasteiger charge is 2.54. The number of thiophene rings is 1. The fourth-order valence-corrected chi connectivity index (χ4v) is 7.07. The summed E-state index contributed by atoms with van der Waals surface area (Å²) >= 11 is 1.47. The Morgan fingerprint density at radius 3 is 2.46 bits per heavy atom. The zero-order chi connectivity index (χ0) is 25.8. The minimum atomic E-state index is -5.40. The van der Waals surface area contributed by atoms with E-state index in [0.717, 1.165) is 16.0 Å². The summed E-state index contributed by atoms with van der Waals surface area (Å²) in [6.45, 7) is 5.26. The van der Waals surface area contributed by atoms with E-state index in [-0.39, 0.29) is 37.8 Å². The molecule has 3 heterocycles. The van der Waals surface area contributed by atoms with Crippen molar-refractivity contribution in [2.24, 2.45) is 11.8 Å². The van der Waals surface area contributed by atoms with Crippen LogP contribution in [-0.2, 0) is 20.4 Å². The third kappa shape index (κ3) is 4.43. The second-order valence-electron chi connectivity index (χ2n) is 9.16. The van der Waals surface area contributed by atoms with Gasteiger partial charge in [0, 0.05) is 30.7 Å². The number of anilines is 1. The molecule has 2 atom stereocenters. The van der Waals surface area contributed by atoms with Gasteiger partial charge in [-0.25, -0.2) is 8.42 Å². The van der Waals surface area contributed by atoms with E-state index in [2.05, 4.69) is 11.9 Å². The van der Waals surface area contributed by atoms with Gasteiger partial charge in [-0.1, -0.05) is 18.7 Å². The lowest BCUT2D eigenvalue weighted by Crippen LogP contribution is -2.62. The molecule has 0 aliphatic carbocycles. The van der Waals surface area contributed by atoms with E-state index in [1.165, 1.54) is 16.2 Å². The fourth-order valence-electron chi connectivity index (χ4n) is 5.01. The number of halogens is 3. The molecule has 0 saturated carbocycles. The van der Waals surface area contributed by atoms with Gasteiger partial charge in [0.05, 0.1) is 11.5 Å². The number of carbonyl (C=O) groups excluding carboxylic acids is 1. The molecule has 35 heavy (non-hydrogen) atoms. The van der Waals surface area contributed by atoms with Gasteiger partial charge >= 0.3 is 15.5 Å². The Balaban J connectivity index is 1.65. The number of rotatable bonds is 4. The van der Waals surface area contributed by atoms with Crippen LogP contribution in [0.5, 0.6) is 0 Å². The number of amides is 1. The molecular formula is C23H27F3N4O3S2. The molecular weight excluding hydrogens is 501 g/mol. The predicted molar refractivity (Wildman–Crippen MR) is 129 cm³/mol. The van der Waals surface area contributed by atoms with E-state index >= 15 is 0 Å². The van der Waals surface area contributed by atoms with Crippen molar-refractivity contribution in [2.75, 3.05) is 25.9 Å². The number of sulfonamides is 1. The normalized spacial score (nSPS) is 25.1. The topological polar surface area (TPSA) is 95.7 Å². The second kappa shape index (κ2) is 8.82. The van der Waals surface area contributed by atoms with Crippen molar-refractivity contribution in [1.29, 1.82) is 0 Å². The van der Waals surface area contributed by atoms with Crippen molar-refractivity contribution >= 4 is 33.0 Å². The van der Waals surface area contributed by atoms with Gasteiger partial charge < -0.3 is 16.0 Å². The number of benzene rings is 1. The minimum absolute atomic E-state index is 0.136. The first kappa shape index (κ1) is 25.5. The summed E-state index contributed by atoms with van der Waals surface area (Å²) in [5.41, 5.74) is 2.19. The van der Waals surface area contributed by atoms with Crippen LogP contribution in [0.4, 0.5) is 18.9 Å². The Morgan fingerprint density at radius 1 is 1.20 bits per heavy atom. The lowest BCUT2D eigenvalue weighted by molar-refractivity contribution is -0.142. The maximum atomic E-state index is 13.5. The van der Waals surface area contributed by atoms with E-state index in [4.69, 9.17) is 5.73 Å². The Bertz CT molecular complexity index is 1250. The molecule has 2 aliphatic rings. The van der Waals surface area contributed by atoms with Crippen LogP contribution in [0.3, 0.4) is 0 Å². The summed E-state index contributed by atoms with van der Waals surface area (Å²) in [6, 6.07) is 9.42. The van der Waals surface area contributed by atoms with Gasteiger partial charge in [-0.05, 0) is 60.4 Å². The molecule has 12 heteroatoms. The molecule has 2 saturated heterocycles. The van der Waals surface area contributed by atoms with E-state index in [9.17, 15) is 26.4 Å². The molecule has 7 nitrogen and oxygen atoms in total. The third-order valence-electron chi connectivity index (χ3n) is 6.96. The average molecular weight is 529 g/mol. The van der Waals surface area contributed by atoms with Crippen LogP contribution in [0.25, 0.3) is 11.1 Å². The average Bonchev–Trinajstić information content (AvgIpc) is 3.29. The van der Waals surface area contributed by atoms with Crippen LogP contribution in [0.2, 0.25) is 0 Å². The van der Waals surface area contributed by atoms with Crippen molar-refractivity contribution < 1.29 is 26.4 Å². The first-order valence-electron chi connectivity index (χ1n) is 11.0. The van der Waals surface area contributed by atoms with Crippen LogP contribution in [-0.4, -0.2) is 49.2 Å². The number of nitrogens with zero attached hydrogens (tertiary/aromatic N) is 2. The minimum Gasteiger partial charge on any atom is -0.399 e. The van der Waals surface area contributed by atoms with Crippen LogP contribution in [0, 0.1) is 11.8 Å². The highest BCUT2D eigenvalue weighted by atomic mass is 32.2. The number of carbonyl (C=O) groups is 1. The largest absolute Gasteiger partial charge is 0.511 e. The Labute approximate surface area is 206 Å². The van der Waals surface area contributed by atoms with Gasteiger partial charge in [0.15, 0.2) is 0 Å². The molecule has 1 aromatic carbocycles. The van der Waals surface area contributed by atoms with E-state index in [0.29, 0.717) is 15.8 Å². The predicted octanol–water partition coefficient (Wildman–Crippen LogP) is 3.92. The summed E-state index contributed by atoms with van der Waals surface area (Å²) in [5.74, 6) is -0.730. The zero-order valence-corrected chi connectivity index (χ0v) is 20.9. The monoisotopic (exact) mass is 528 g/mol. The van der Waals surface area contributed by atoms with Crippen molar-refractivity contribution in [3.8, 4) is 11.1 Å². The first-order valence-corrected chi connectivity index (χ1v) is 13.3. The van der Waals surface area contributed by atoms with Gasteiger partial charge in [0.25, 0.3) is 0 Å². The van der Waals surface area contributed by atoms with Crippen molar-refractivity contribution in [3.63, 3.8) is 0 Å². The number of alkyl halides is 3. The highest BCUT2D eigenvalue weighted by Crippen LogP contribution is 2.46. The summed E-state index contributed by atoms with van der Waals surface area (Å²) in [6.07, 6.45) is 0.271.